The van der Waals surface area contributed by atoms with Crippen molar-refractivity contribution in [3.05, 3.63) is 34.4 Å². The number of nitrogens with one attached hydrogen (secondary N) is 1. The number of benzene rings is 1. The number of rotatable bonds is 5. The van der Waals surface area contributed by atoms with E-state index in [0.29, 0.717) is 27.5 Å². The van der Waals surface area contributed by atoms with Crippen LogP contribution in [0.15, 0.2) is 24.4 Å². The zero-order valence-electron chi connectivity index (χ0n) is 11.3. The number of hydrogen-bond acceptors (Lipinski definition) is 5. The van der Waals surface area contributed by atoms with Crippen LogP contribution < -0.4 is 10.2 Å². The predicted molar refractivity (Wildman–Crippen MR) is 83.1 cm³/mol. The van der Waals surface area contributed by atoms with Crippen LogP contribution in [0.2, 0.25) is 10.0 Å². The molecule has 0 saturated heterocycles. The second-order valence-electron chi connectivity index (χ2n) is 4.06. The summed E-state index contributed by atoms with van der Waals surface area (Å²) in [6.07, 6.45) is 1.55. The quantitative estimate of drug-likeness (QED) is 0.911. The van der Waals surface area contributed by atoms with Gasteiger partial charge in [-0.25, -0.2) is 0 Å². The Morgan fingerprint density at radius 3 is 2.65 bits per heavy atom. The molecule has 7 heteroatoms. The molecular formula is C13H15Cl2N5. The van der Waals surface area contributed by atoms with E-state index in [-0.39, 0.29) is 0 Å². The van der Waals surface area contributed by atoms with Crippen molar-refractivity contribution in [1.82, 2.24) is 15.2 Å². The lowest BCUT2D eigenvalue weighted by atomic mass is 10.3. The van der Waals surface area contributed by atoms with Crippen LogP contribution in [0.3, 0.4) is 0 Å². The number of hydrogen-bond donors (Lipinski definition) is 1. The number of nitrogens with zero attached hydrogens (tertiary/aromatic N) is 4. The minimum Gasteiger partial charge on any atom is -0.340 e. The van der Waals surface area contributed by atoms with Gasteiger partial charge in [0.25, 0.3) is 0 Å². The molecule has 20 heavy (non-hydrogen) atoms. The van der Waals surface area contributed by atoms with Crippen LogP contribution >= 0.6 is 23.2 Å². The first-order valence-corrected chi connectivity index (χ1v) is 7.06. The smallest absolute Gasteiger partial charge is 0.247 e. The summed E-state index contributed by atoms with van der Waals surface area (Å²) in [4.78, 5) is 6.43. The van der Waals surface area contributed by atoms with Crippen LogP contribution in [0.25, 0.3) is 0 Å². The van der Waals surface area contributed by atoms with Gasteiger partial charge in [0.2, 0.25) is 5.95 Å². The summed E-state index contributed by atoms with van der Waals surface area (Å²) >= 11 is 12.1. The van der Waals surface area contributed by atoms with E-state index in [1.165, 1.54) is 0 Å². The molecule has 1 N–H and O–H groups in total. The van der Waals surface area contributed by atoms with Crippen molar-refractivity contribution < 1.29 is 0 Å². The van der Waals surface area contributed by atoms with Crippen LogP contribution in [0.5, 0.6) is 0 Å². The fourth-order valence-corrected chi connectivity index (χ4v) is 2.06. The van der Waals surface area contributed by atoms with E-state index in [4.69, 9.17) is 23.2 Å². The maximum atomic E-state index is 6.11. The minimum absolute atomic E-state index is 0.567. The number of aromatic nitrogens is 3. The highest BCUT2D eigenvalue weighted by Crippen LogP contribution is 2.27. The highest BCUT2D eigenvalue weighted by Gasteiger charge is 2.08. The largest absolute Gasteiger partial charge is 0.340 e. The Morgan fingerprint density at radius 2 is 1.95 bits per heavy atom. The number of halogens is 2. The predicted octanol–water partition coefficient (Wildman–Crippen LogP) is 3.77. The molecule has 0 radical (unpaired) electrons. The molecule has 1 heterocycles. The van der Waals surface area contributed by atoms with E-state index in [1.54, 1.807) is 24.4 Å². The first-order chi connectivity index (χ1) is 9.63. The van der Waals surface area contributed by atoms with E-state index >= 15 is 0 Å². The molecule has 1 aromatic carbocycles. The summed E-state index contributed by atoms with van der Waals surface area (Å²) in [6.45, 7) is 5.72. The highest BCUT2D eigenvalue weighted by atomic mass is 35.5. The molecule has 0 saturated carbocycles. The van der Waals surface area contributed by atoms with Gasteiger partial charge in [0, 0.05) is 18.1 Å². The minimum atomic E-state index is 0.567. The Balaban J connectivity index is 2.25. The lowest BCUT2D eigenvalue weighted by molar-refractivity contribution is 0.796. The average molecular weight is 312 g/mol. The SMILES string of the molecule is CCN(CC)c1nncc(Nc2cc(Cl)ccc2Cl)n1. The van der Waals surface area contributed by atoms with Crippen LogP contribution in [0.4, 0.5) is 17.5 Å². The van der Waals surface area contributed by atoms with Crippen LogP contribution in [-0.4, -0.2) is 28.3 Å². The molecule has 0 unspecified atom stereocenters. The van der Waals surface area contributed by atoms with Gasteiger partial charge in [0.15, 0.2) is 5.82 Å². The van der Waals surface area contributed by atoms with Gasteiger partial charge in [0.1, 0.15) is 0 Å². The van der Waals surface area contributed by atoms with E-state index in [1.807, 2.05) is 18.7 Å². The third-order valence-corrected chi connectivity index (χ3v) is 3.35. The summed E-state index contributed by atoms with van der Waals surface area (Å²) in [5, 5.41) is 12.3. The maximum Gasteiger partial charge on any atom is 0.247 e. The first-order valence-electron chi connectivity index (χ1n) is 6.30. The fraction of sp³-hybridized carbons (Fsp3) is 0.308. The van der Waals surface area contributed by atoms with Crippen molar-refractivity contribution in [2.75, 3.05) is 23.3 Å². The van der Waals surface area contributed by atoms with E-state index in [0.717, 1.165) is 13.1 Å². The van der Waals surface area contributed by atoms with E-state index in [9.17, 15) is 0 Å². The number of anilines is 3. The molecule has 0 aliphatic heterocycles. The topological polar surface area (TPSA) is 53.9 Å². The van der Waals surface area contributed by atoms with Gasteiger partial charge in [0.05, 0.1) is 16.9 Å². The Labute approximate surface area is 127 Å². The lowest BCUT2D eigenvalue weighted by Crippen LogP contribution is -2.24. The van der Waals surface area contributed by atoms with Gasteiger partial charge in [-0.1, -0.05) is 23.2 Å². The second-order valence-corrected chi connectivity index (χ2v) is 4.91. The van der Waals surface area contributed by atoms with Crippen molar-refractivity contribution in [2.45, 2.75) is 13.8 Å². The zero-order chi connectivity index (χ0) is 14.5. The van der Waals surface area contributed by atoms with Crippen molar-refractivity contribution in [3.63, 3.8) is 0 Å². The summed E-state index contributed by atoms with van der Waals surface area (Å²) in [5.41, 5.74) is 0.685. The van der Waals surface area contributed by atoms with Gasteiger partial charge in [-0.3, -0.25) is 0 Å². The summed E-state index contributed by atoms with van der Waals surface area (Å²) in [5.74, 6) is 1.16. The summed E-state index contributed by atoms with van der Waals surface area (Å²) in [7, 11) is 0. The third kappa shape index (κ3) is 3.49. The van der Waals surface area contributed by atoms with Gasteiger partial charge in [-0.2, -0.15) is 10.1 Å². The molecular weight excluding hydrogens is 297 g/mol. The van der Waals surface area contributed by atoms with Crippen molar-refractivity contribution in [1.29, 1.82) is 0 Å². The molecule has 1 aromatic heterocycles. The Hall–Kier alpha value is -1.59. The molecule has 0 aliphatic carbocycles. The van der Waals surface area contributed by atoms with Gasteiger partial charge >= 0.3 is 0 Å². The molecule has 2 rings (SSSR count). The maximum absolute atomic E-state index is 6.11. The van der Waals surface area contributed by atoms with Crippen LogP contribution in [0.1, 0.15) is 13.8 Å². The monoisotopic (exact) mass is 311 g/mol. The van der Waals surface area contributed by atoms with Crippen LogP contribution in [0, 0.1) is 0 Å². The Bertz CT molecular complexity index is 587. The van der Waals surface area contributed by atoms with Crippen molar-refractivity contribution in [2.24, 2.45) is 0 Å². The third-order valence-electron chi connectivity index (χ3n) is 2.79. The molecule has 0 amide bonds. The van der Waals surface area contributed by atoms with E-state index in [2.05, 4.69) is 20.5 Å². The molecule has 2 aromatic rings. The normalized spacial score (nSPS) is 10.4. The second kappa shape index (κ2) is 6.72. The lowest BCUT2D eigenvalue weighted by Gasteiger charge is -2.18. The zero-order valence-corrected chi connectivity index (χ0v) is 12.8. The molecule has 0 fully saturated rings. The van der Waals surface area contributed by atoms with Crippen LogP contribution in [-0.2, 0) is 0 Å². The summed E-state index contributed by atoms with van der Waals surface area (Å²) in [6, 6.07) is 5.20. The molecule has 106 valence electrons. The van der Waals surface area contributed by atoms with Crippen molar-refractivity contribution >= 4 is 40.7 Å². The molecule has 0 atom stereocenters. The van der Waals surface area contributed by atoms with E-state index < -0.39 is 0 Å². The molecule has 5 nitrogen and oxygen atoms in total. The first kappa shape index (κ1) is 14.8. The van der Waals surface area contributed by atoms with Gasteiger partial charge < -0.3 is 10.2 Å². The molecule has 0 aliphatic rings. The fourth-order valence-electron chi connectivity index (χ4n) is 1.73. The average Bonchev–Trinajstić information content (AvgIpc) is 2.45. The van der Waals surface area contributed by atoms with Crippen molar-refractivity contribution in [3.8, 4) is 0 Å². The standard InChI is InChI=1S/C13H15Cl2N5/c1-3-20(4-2)13-18-12(8-16-19-13)17-11-7-9(14)5-6-10(11)15/h5-8H,3-4H2,1-2H3,(H,17,18,19). The van der Waals surface area contributed by atoms with Gasteiger partial charge in [-0.15, -0.1) is 5.10 Å². The van der Waals surface area contributed by atoms with Gasteiger partial charge in [-0.05, 0) is 32.0 Å². The Kier molecular flexibility index (Phi) is 4.98. The molecule has 0 spiro atoms. The molecule has 0 bridgehead atoms. The summed E-state index contributed by atoms with van der Waals surface area (Å²) < 4.78 is 0. The Morgan fingerprint density at radius 1 is 1.20 bits per heavy atom. The highest BCUT2D eigenvalue weighted by molar-refractivity contribution is 6.35.